The summed E-state index contributed by atoms with van der Waals surface area (Å²) in [6.45, 7) is 0. The maximum atomic E-state index is 13.0. The van der Waals surface area contributed by atoms with E-state index in [4.69, 9.17) is 0 Å². The second-order valence-corrected chi connectivity index (χ2v) is 4.27. The molecule has 1 aromatic carbocycles. The van der Waals surface area contributed by atoms with Crippen LogP contribution in [-0.4, -0.2) is 10.1 Å². The Kier molecular flexibility index (Phi) is 3.31. The van der Waals surface area contributed by atoms with Crippen LogP contribution in [0.1, 0.15) is 17.4 Å². The first-order chi connectivity index (χ1) is 7.66. The number of hydrogen-bond donors (Lipinski definition) is 1. The highest BCUT2D eigenvalue weighted by Crippen LogP contribution is 2.21. The molecule has 2 aromatic rings. The van der Waals surface area contributed by atoms with Crippen LogP contribution in [0.15, 0.2) is 47.1 Å². The maximum absolute atomic E-state index is 13.0. The van der Waals surface area contributed by atoms with Crippen LogP contribution in [0.3, 0.4) is 0 Å². The molecule has 0 aliphatic heterocycles. The van der Waals surface area contributed by atoms with Crippen molar-refractivity contribution in [1.29, 1.82) is 0 Å². The van der Waals surface area contributed by atoms with E-state index in [-0.39, 0.29) is 5.82 Å². The van der Waals surface area contributed by atoms with Gasteiger partial charge in [0.2, 0.25) is 0 Å². The zero-order valence-corrected chi connectivity index (χ0v) is 9.86. The Morgan fingerprint density at radius 2 is 2.06 bits per heavy atom. The molecular formula is C12H9BrFNO. The highest BCUT2D eigenvalue weighted by molar-refractivity contribution is 9.10. The largest absolute Gasteiger partial charge is 0.382 e. The minimum atomic E-state index is -0.899. The van der Waals surface area contributed by atoms with Gasteiger partial charge in [-0.2, -0.15) is 0 Å². The first-order valence-electron chi connectivity index (χ1n) is 4.72. The second-order valence-electron chi connectivity index (χ2n) is 3.36. The summed E-state index contributed by atoms with van der Waals surface area (Å²) in [4.78, 5) is 4.06. The lowest BCUT2D eigenvalue weighted by Crippen LogP contribution is -2.02. The predicted molar refractivity (Wildman–Crippen MR) is 62.4 cm³/mol. The Morgan fingerprint density at radius 1 is 1.25 bits per heavy atom. The zero-order chi connectivity index (χ0) is 11.5. The topological polar surface area (TPSA) is 33.1 Å². The van der Waals surface area contributed by atoms with Crippen molar-refractivity contribution in [3.05, 3.63) is 64.1 Å². The molecule has 1 atom stereocenters. The minimum Gasteiger partial charge on any atom is -0.382 e. The quantitative estimate of drug-likeness (QED) is 0.918. The first kappa shape index (κ1) is 11.2. The number of rotatable bonds is 2. The Morgan fingerprint density at radius 3 is 2.69 bits per heavy atom. The zero-order valence-electron chi connectivity index (χ0n) is 8.27. The van der Waals surface area contributed by atoms with Crippen LogP contribution in [-0.2, 0) is 0 Å². The van der Waals surface area contributed by atoms with Gasteiger partial charge in [0.05, 0.1) is 5.69 Å². The van der Waals surface area contributed by atoms with Gasteiger partial charge in [-0.1, -0.05) is 12.1 Å². The second kappa shape index (κ2) is 4.72. The molecule has 0 radical (unpaired) electrons. The average Bonchev–Trinajstić information content (AvgIpc) is 2.29. The summed E-state index contributed by atoms with van der Waals surface area (Å²) in [6.07, 6.45) is 0.696. The van der Waals surface area contributed by atoms with Crippen LogP contribution in [0, 0.1) is 5.82 Å². The Balaban J connectivity index is 2.31. The lowest BCUT2D eigenvalue weighted by Gasteiger charge is -2.10. The molecule has 82 valence electrons. The lowest BCUT2D eigenvalue weighted by atomic mass is 10.1. The molecule has 2 rings (SSSR count). The number of pyridine rings is 1. The molecule has 1 heterocycles. The fraction of sp³-hybridized carbons (Fsp3) is 0.0833. The van der Waals surface area contributed by atoms with Crippen LogP contribution in [0.5, 0.6) is 0 Å². The normalized spacial score (nSPS) is 12.4. The summed E-state index contributed by atoms with van der Waals surface area (Å²) in [5.74, 6) is -0.367. The molecule has 0 amide bonds. The predicted octanol–water partition coefficient (Wildman–Crippen LogP) is 3.06. The fourth-order valence-electron chi connectivity index (χ4n) is 1.40. The van der Waals surface area contributed by atoms with Crippen LogP contribution < -0.4 is 0 Å². The van der Waals surface area contributed by atoms with Gasteiger partial charge in [0.25, 0.3) is 0 Å². The van der Waals surface area contributed by atoms with Gasteiger partial charge in [0.1, 0.15) is 11.9 Å². The molecule has 1 aromatic heterocycles. The van der Waals surface area contributed by atoms with E-state index in [1.54, 1.807) is 30.5 Å². The molecule has 0 spiro atoms. The molecule has 4 heteroatoms. The Bertz CT molecular complexity index is 487. The van der Waals surface area contributed by atoms with E-state index in [1.165, 1.54) is 12.1 Å². The van der Waals surface area contributed by atoms with Crippen molar-refractivity contribution in [3.63, 3.8) is 0 Å². The summed E-state index contributed by atoms with van der Waals surface area (Å²) in [5, 5.41) is 9.96. The Hall–Kier alpha value is -1.26. The van der Waals surface area contributed by atoms with Crippen LogP contribution in [0.4, 0.5) is 4.39 Å². The summed E-state index contributed by atoms with van der Waals surface area (Å²) >= 11 is 3.26. The summed E-state index contributed by atoms with van der Waals surface area (Å²) in [6, 6.07) is 9.34. The third-order valence-corrected chi connectivity index (χ3v) is 2.66. The van der Waals surface area contributed by atoms with Crippen molar-refractivity contribution in [1.82, 2.24) is 4.98 Å². The van der Waals surface area contributed by atoms with Gasteiger partial charge in [0.15, 0.2) is 0 Å². The lowest BCUT2D eigenvalue weighted by molar-refractivity contribution is 0.215. The fourth-order valence-corrected chi connectivity index (χ4v) is 1.63. The molecule has 0 bridgehead atoms. The highest BCUT2D eigenvalue weighted by Gasteiger charge is 2.11. The Labute approximate surface area is 101 Å². The minimum absolute atomic E-state index is 0.367. The average molecular weight is 282 g/mol. The van der Waals surface area contributed by atoms with Crippen molar-refractivity contribution < 1.29 is 9.50 Å². The number of halogens is 2. The van der Waals surface area contributed by atoms with Crippen molar-refractivity contribution >= 4 is 15.9 Å². The van der Waals surface area contributed by atoms with Gasteiger partial charge in [0, 0.05) is 10.7 Å². The number of aliphatic hydroxyl groups excluding tert-OH is 1. The molecular weight excluding hydrogens is 273 g/mol. The van der Waals surface area contributed by atoms with Crippen LogP contribution in [0.25, 0.3) is 0 Å². The van der Waals surface area contributed by atoms with Gasteiger partial charge >= 0.3 is 0 Å². The van der Waals surface area contributed by atoms with Gasteiger partial charge < -0.3 is 5.11 Å². The number of nitrogens with zero attached hydrogens (tertiary/aromatic N) is 1. The van der Waals surface area contributed by atoms with Crippen LogP contribution in [0.2, 0.25) is 0 Å². The van der Waals surface area contributed by atoms with Crippen molar-refractivity contribution in [2.24, 2.45) is 0 Å². The number of aliphatic hydroxyl groups is 1. The molecule has 1 N–H and O–H groups in total. The van der Waals surface area contributed by atoms with Gasteiger partial charge in [-0.05, 0) is 45.8 Å². The smallest absolute Gasteiger partial charge is 0.123 e. The highest BCUT2D eigenvalue weighted by atomic mass is 79.9. The molecule has 0 aliphatic rings. The summed E-state index contributed by atoms with van der Waals surface area (Å²) in [5.41, 5.74) is 0.989. The number of benzene rings is 1. The van der Waals surface area contributed by atoms with Crippen molar-refractivity contribution in [2.75, 3.05) is 0 Å². The molecule has 0 aliphatic carbocycles. The van der Waals surface area contributed by atoms with Gasteiger partial charge in [-0.15, -0.1) is 0 Å². The van der Waals surface area contributed by atoms with E-state index >= 15 is 0 Å². The third kappa shape index (κ3) is 2.46. The number of hydrogen-bond acceptors (Lipinski definition) is 2. The molecule has 0 fully saturated rings. The number of aromatic nitrogens is 1. The standard InChI is InChI=1S/C12H9BrFNO/c13-9-4-5-11(15-7-9)12(16)8-2-1-3-10(14)6-8/h1-7,12,16H. The molecule has 2 nitrogen and oxygen atoms in total. The van der Waals surface area contributed by atoms with E-state index in [0.717, 1.165) is 4.47 Å². The van der Waals surface area contributed by atoms with Crippen molar-refractivity contribution in [2.45, 2.75) is 6.10 Å². The van der Waals surface area contributed by atoms with Crippen LogP contribution >= 0.6 is 15.9 Å². The van der Waals surface area contributed by atoms with Gasteiger partial charge in [-0.25, -0.2) is 4.39 Å². The summed E-state index contributed by atoms with van der Waals surface area (Å²) < 4.78 is 13.8. The monoisotopic (exact) mass is 281 g/mol. The van der Waals surface area contributed by atoms with E-state index in [1.807, 2.05) is 0 Å². The molecule has 0 saturated carbocycles. The molecule has 16 heavy (non-hydrogen) atoms. The van der Waals surface area contributed by atoms with E-state index in [2.05, 4.69) is 20.9 Å². The SMILES string of the molecule is OC(c1cccc(F)c1)c1ccc(Br)cn1. The molecule has 1 unspecified atom stereocenters. The third-order valence-electron chi connectivity index (χ3n) is 2.19. The van der Waals surface area contributed by atoms with Gasteiger partial charge in [-0.3, -0.25) is 4.98 Å². The summed E-state index contributed by atoms with van der Waals surface area (Å²) in [7, 11) is 0. The van der Waals surface area contributed by atoms with E-state index < -0.39 is 6.10 Å². The molecule has 0 saturated heterocycles. The van der Waals surface area contributed by atoms with E-state index in [9.17, 15) is 9.50 Å². The van der Waals surface area contributed by atoms with E-state index in [0.29, 0.717) is 11.3 Å². The first-order valence-corrected chi connectivity index (χ1v) is 5.51. The van der Waals surface area contributed by atoms with Crippen molar-refractivity contribution in [3.8, 4) is 0 Å². The maximum Gasteiger partial charge on any atom is 0.123 e.